The van der Waals surface area contributed by atoms with Crippen LogP contribution in [0, 0.1) is 0 Å². The second-order valence-corrected chi connectivity index (χ2v) is 9.95. The number of nitrogens with zero attached hydrogens (tertiary/aromatic N) is 2. The number of anilines is 1. The van der Waals surface area contributed by atoms with Crippen molar-refractivity contribution in [2.75, 3.05) is 30.9 Å². The van der Waals surface area contributed by atoms with Crippen molar-refractivity contribution < 1.29 is 13.2 Å². The molecule has 6 nitrogen and oxygen atoms in total. The Morgan fingerprint density at radius 2 is 1.61 bits per heavy atom. The van der Waals surface area contributed by atoms with Crippen molar-refractivity contribution in [3.63, 3.8) is 0 Å². The molecule has 0 aliphatic carbocycles. The molecule has 0 spiro atoms. The van der Waals surface area contributed by atoms with E-state index in [1.165, 1.54) is 12.8 Å². The first kappa shape index (κ1) is 23.6. The van der Waals surface area contributed by atoms with Crippen LogP contribution in [0.15, 0.2) is 54.6 Å². The number of hydrogen-bond donors (Lipinski definition) is 1. The lowest BCUT2D eigenvalue weighted by Crippen LogP contribution is -2.42. The van der Waals surface area contributed by atoms with Crippen LogP contribution in [0.25, 0.3) is 0 Å². The lowest BCUT2D eigenvalue weighted by molar-refractivity contribution is 0.0709. The van der Waals surface area contributed by atoms with Gasteiger partial charge in [-0.05, 0) is 68.6 Å². The molecule has 0 bridgehead atoms. The Morgan fingerprint density at radius 1 is 0.935 bits per heavy atom. The van der Waals surface area contributed by atoms with Crippen LogP contribution in [0.4, 0.5) is 5.69 Å². The zero-order valence-electron chi connectivity index (χ0n) is 17.6. The van der Waals surface area contributed by atoms with E-state index >= 15 is 0 Å². The van der Waals surface area contributed by atoms with E-state index in [0.717, 1.165) is 44.6 Å². The first-order valence-corrected chi connectivity index (χ1v) is 12.3. The Bertz CT molecular complexity index is 961. The average Bonchev–Trinajstić information content (AvgIpc) is 3.41. The molecule has 2 aromatic rings. The van der Waals surface area contributed by atoms with Gasteiger partial charge in [-0.3, -0.25) is 9.52 Å². The van der Waals surface area contributed by atoms with Gasteiger partial charge in [0.1, 0.15) is 0 Å². The summed E-state index contributed by atoms with van der Waals surface area (Å²) in [6.45, 7) is 4.03. The molecule has 1 amide bonds. The molecule has 168 valence electrons. The maximum atomic E-state index is 13.0. The van der Waals surface area contributed by atoms with Crippen LogP contribution in [0.1, 0.15) is 41.6 Å². The summed E-state index contributed by atoms with van der Waals surface area (Å²) in [7, 11) is -3.51. The average molecular weight is 464 g/mol. The van der Waals surface area contributed by atoms with Crippen LogP contribution in [0.5, 0.6) is 0 Å². The van der Waals surface area contributed by atoms with Crippen molar-refractivity contribution in [1.82, 2.24) is 9.80 Å². The van der Waals surface area contributed by atoms with Gasteiger partial charge < -0.3 is 9.80 Å². The van der Waals surface area contributed by atoms with Crippen LogP contribution in [0.3, 0.4) is 0 Å². The van der Waals surface area contributed by atoms with E-state index in [1.54, 1.807) is 36.4 Å². The van der Waals surface area contributed by atoms with E-state index in [9.17, 15) is 13.2 Å². The second kappa shape index (κ2) is 10.5. The first-order chi connectivity index (χ1) is 14.5. The topological polar surface area (TPSA) is 69.7 Å². The number of halogens is 1. The van der Waals surface area contributed by atoms with Gasteiger partial charge in [0, 0.05) is 30.4 Å². The van der Waals surface area contributed by atoms with Gasteiger partial charge in [-0.15, -0.1) is 12.4 Å². The molecule has 0 radical (unpaired) electrons. The van der Waals surface area contributed by atoms with Gasteiger partial charge in [0.05, 0.1) is 5.75 Å². The molecule has 8 heteroatoms. The Labute approximate surface area is 191 Å². The summed E-state index contributed by atoms with van der Waals surface area (Å²) in [6, 6.07) is 16.1. The minimum Gasteiger partial charge on any atom is -0.334 e. The predicted octanol–water partition coefficient (Wildman–Crippen LogP) is 3.75. The number of sulfonamides is 1. The standard InChI is InChI=1S/C23H29N3O3S.ClH/c27-23(26-16-6-9-22(26)17-25-14-4-5-15-25)20-10-12-21(13-11-20)24-30(28,29)18-19-7-2-1-3-8-19;/h1-3,7-8,10-13,22,24H,4-6,9,14-18H2;1H/t22-;/m0./s1. The van der Waals surface area contributed by atoms with Gasteiger partial charge in [0.25, 0.3) is 5.91 Å². The van der Waals surface area contributed by atoms with Crippen LogP contribution in [-0.2, 0) is 15.8 Å². The SMILES string of the molecule is Cl.O=C(c1ccc(NS(=O)(=O)Cc2ccccc2)cc1)N1CCC[C@H]1CN1CCCC1. The van der Waals surface area contributed by atoms with Crippen molar-refractivity contribution in [2.24, 2.45) is 0 Å². The molecular formula is C23H30ClN3O3S. The number of amides is 1. The molecule has 2 aliphatic heterocycles. The van der Waals surface area contributed by atoms with E-state index < -0.39 is 10.0 Å². The Hall–Kier alpha value is -2.09. The summed E-state index contributed by atoms with van der Waals surface area (Å²) >= 11 is 0. The van der Waals surface area contributed by atoms with Gasteiger partial charge in [0.2, 0.25) is 10.0 Å². The molecule has 1 atom stereocenters. The van der Waals surface area contributed by atoms with Gasteiger partial charge in [0.15, 0.2) is 0 Å². The summed E-state index contributed by atoms with van der Waals surface area (Å²) in [5.74, 6) is -0.0455. The van der Waals surface area contributed by atoms with E-state index in [-0.39, 0.29) is 30.1 Å². The van der Waals surface area contributed by atoms with Crippen molar-refractivity contribution in [3.8, 4) is 0 Å². The third kappa shape index (κ3) is 6.21. The van der Waals surface area contributed by atoms with E-state index in [2.05, 4.69) is 9.62 Å². The quantitative estimate of drug-likeness (QED) is 0.678. The predicted molar refractivity (Wildman–Crippen MR) is 126 cm³/mol. The number of rotatable bonds is 7. The maximum Gasteiger partial charge on any atom is 0.254 e. The molecule has 1 N–H and O–H groups in total. The molecule has 2 heterocycles. The minimum absolute atomic E-state index is 0. The number of carbonyl (C=O) groups is 1. The monoisotopic (exact) mass is 463 g/mol. The Balaban J connectivity index is 0.00000272. The van der Waals surface area contributed by atoms with Crippen molar-refractivity contribution >= 4 is 34.0 Å². The fourth-order valence-corrected chi connectivity index (χ4v) is 5.61. The van der Waals surface area contributed by atoms with E-state index in [4.69, 9.17) is 0 Å². The number of benzene rings is 2. The normalized spacial score (nSPS) is 19.2. The lowest BCUT2D eigenvalue weighted by atomic mass is 10.1. The first-order valence-electron chi connectivity index (χ1n) is 10.7. The number of carbonyl (C=O) groups excluding carboxylic acids is 1. The number of likely N-dealkylation sites (tertiary alicyclic amines) is 2. The van der Waals surface area contributed by atoms with Gasteiger partial charge in [-0.25, -0.2) is 8.42 Å². The van der Waals surface area contributed by atoms with Crippen LogP contribution < -0.4 is 4.72 Å². The highest BCUT2D eigenvalue weighted by atomic mass is 35.5. The molecule has 2 aromatic carbocycles. The molecular weight excluding hydrogens is 434 g/mol. The van der Waals surface area contributed by atoms with Crippen LogP contribution in [0.2, 0.25) is 0 Å². The Kier molecular flexibility index (Phi) is 7.97. The van der Waals surface area contributed by atoms with Crippen molar-refractivity contribution in [1.29, 1.82) is 0 Å². The largest absolute Gasteiger partial charge is 0.334 e. The zero-order chi connectivity index (χ0) is 21.0. The van der Waals surface area contributed by atoms with Crippen molar-refractivity contribution in [3.05, 3.63) is 65.7 Å². The molecule has 0 aromatic heterocycles. The molecule has 2 saturated heterocycles. The van der Waals surface area contributed by atoms with E-state index in [0.29, 0.717) is 11.3 Å². The summed E-state index contributed by atoms with van der Waals surface area (Å²) in [5.41, 5.74) is 1.81. The van der Waals surface area contributed by atoms with Crippen molar-refractivity contribution in [2.45, 2.75) is 37.5 Å². The summed E-state index contributed by atoms with van der Waals surface area (Å²) in [4.78, 5) is 17.5. The van der Waals surface area contributed by atoms with Gasteiger partial charge in [-0.1, -0.05) is 30.3 Å². The highest BCUT2D eigenvalue weighted by Crippen LogP contribution is 2.23. The fraction of sp³-hybridized carbons (Fsp3) is 0.435. The lowest BCUT2D eigenvalue weighted by Gasteiger charge is -2.28. The summed E-state index contributed by atoms with van der Waals surface area (Å²) in [6.07, 6.45) is 4.60. The smallest absolute Gasteiger partial charge is 0.254 e. The van der Waals surface area contributed by atoms with Crippen LogP contribution >= 0.6 is 12.4 Å². The van der Waals surface area contributed by atoms with E-state index in [1.807, 2.05) is 23.1 Å². The number of hydrogen-bond acceptors (Lipinski definition) is 4. The minimum atomic E-state index is -3.51. The second-order valence-electron chi connectivity index (χ2n) is 8.23. The van der Waals surface area contributed by atoms with Gasteiger partial charge >= 0.3 is 0 Å². The highest BCUT2D eigenvalue weighted by Gasteiger charge is 2.31. The molecule has 2 fully saturated rings. The summed E-state index contributed by atoms with van der Waals surface area (Å²) < 4.78 is 27.4. The maximum absolute atomic E-state index is 13.0. The fourth-order valence-electron chi connectivity index (χ4n) is 4.41. The zero-order valence-corrected chi connectivity index (χ0v) is 19.2. The Morgan fingerprint density at radius 3 is 2.29 bits per heavy atom. The highest BCUT2D eigenvalue weighted by molar-refractivity contribution is 7.91. The van der Waals surface area contributed by atoms with Gasteiger partial charge in [-0.2, -0.15) is 0 Å². The summed E-state index contributed by atoms with van der Waals surface area (Å²) in [5, 5.41) is 0. The third-order valence-corrected chi connectivity index (χ3v) is 7.17. The van der Waals surface area contributed by atoms with Crippen LogP contribution in [-0.4, -0.2) is 56.3 Å². The molecule has 2 aliphatic rings. The molecule has 0 saturated carbocycles. The molecule has 31 heavy (non-hydrogen) atoms. The third-order valence-electron chi connectivity index (χ3n) is 5.91. The number of nitrogens with one attached hydrogen (secondary N) is 1. The molecule has 0 unspecified atom stereocenters. The molecule has 4 rings (SSSR count).